The average molecular weight is 356 g/mol. The lowest BCUT2D eigenvalue weighted by molar-refractivity contribution is -0.0416. The third-order valence-corrected chi connectivity index (χ3v) is 5.28. The Kier molecular flexibility index (Phi) is 4.78. The first-order valence-corrected chi connectivity index (χ1v) is 9.15. The molecule has 1 spiro atoms. The quantitative estimate of drug-likeness (QED) is 0.843. The van der Waals surface area contributed by atoms with Crippen LogP contribution in [0.15, 0.2) is 40.9 Å². The van der Waals surface area contributed by atoms with Crippen molar-refractivity contribution in [3.63, 3.8) is 0 Å². The molecular formula is C20H24N2O4. The van der Waals surface area contributed by atoms with Gasteiger partial charge in [-0.2, -0.15) is 0 Å². The number of rotatable bonds is 4. The van der Waals surface area contributed by atoms with Gasteiger partial charge in [-0.15, -0.1) is 0 Å². The van der Waals surface area contributed by atoms with Crippen molar-refractivity contribution in [2.45, 2.75) is 44.5 Å². The van der Waals surface area contributed by atoms with E-state index in [-0.39, 0.29) is 17.6 Å². The summed E-state index contributed by atoms with van der Waals surface area (Å²) < 4.78 is 17.6. The van der Waals surface area contributed by atoms with Crippen molar-refractivity contribution in [1.82, 2.24) is 9.88 Å². The molecule has 4 heterocycles. The number of hydrogen-bond acceptors (Lipinski definition) is 5. The van der Waals surface area contributed by atoms with E-state index < -0.39 is 0 Å². The summed E-state index contributed by atoms with van der Waals surface area (Å²) in [6, 6.07) is 9.39. The highest BCUT2D eigenvalue weighted by Crippen LogP contribution is 2.37. The zero-order valence-electron chi connectivity index (χ0n) is 15.0. The van der Waals surface area contributed by atoms with Crippen LogP contribution in [0.4, 0.5) is 0 Å². The molecule has 6 nitrogen and oxygen atoms in total. The standard InChI is InChI=1S/C20H24N2O4/c1-15-5-6-18(26-15)19(23)22-10-7-20(8-11-22)12-17(14-25-20)24-13-16-4-2-3-9-21-16/h2-6,9,17H,7-8,10-14H2,1H3/t17-/m0/s1. The van der Waals surface area contributed by atoms with E-state index in [1.54, 1.807) is 12.3 Å². The lowest BCUT2D eigenvalue weighted by Crippen LogP contribution is -2.46. The highest BCUT2D eigenvalue weighted by molar-refractivity contribution is 5.91. The van der Waals surface area contributed by atoms with Gasteiger partial charge in [0, 0.05) is 25.7 Å². The molecule has 0 N–H and O–H groups in total. The van der Waals surface area contributed by atoms with Crippen LogP contribution >= 0.6 is 0 Å². The van der Waals surface area contributed by atoms with Crippen LogP contribution in [0.3, 0.4) is 0 Å². The molecule has 2 aromatic heterocycles. The molecule has 4 rings (SSSR count). The predicted molar refractivity (Wildman–Crippen MR) is 94.7 cm³/mol. The molecule has 0 unspecified atom stereocenters. The Labute approximate surface area is 153 Å². The summed E-state index contributed by atoms with van der Waals surface area (Å²) in [6.07, 6.45) is 4.41. The maximum atomic E-state index is 12.5. The number of aromatic nitrogens is 1. The van der Waals surface area contributed by atoms with Gasteiger partial charge in [0.05, 0.1) is 30.6 Å². The fraction of sp³-hybridized carbons (Fsp3) is 0.500. The molecular weight excluding hydrogens is 332 g/mol. The lowest BCUT2D eigenvalue weighted by Gasteiger charge is -2.38. The van der Waals surface area contributed by atoms with E-state index in [1.165, 1.54) is 0 Å². The Balaban J connectivity index is 1.28. The molecule has 0 aliphatic carbocycles. The monoisotopic (exact) mass is 356 g/mol. The van der Waals surface area contributed by atoms with Crippen LogP contribution in [-0.2, 0) is 16.1 Å². The van der Waals surface area contributed by atoms with Crippen LogP contribution < -0.4 is 0 Å². The third-order valence-electron chi connectivity index (χ3n) is 5.28. The Morgan fingerprint density at radius 2 is 2.15 bits per heavy atom. The highest BCUT2D eigenvalue weighted by Gasteiger charge is 2.44. The Bertz CT molecular complexity index is 750. The van der Waals surface area contributed by atoms with Crippen molar-refractivity contribution in [3.8, 4) is 0 Å². The van der Waals surface area contributed by atoms with Gasteiger partial charge in [0.25, 0.3) is 5.91 Å². The van der Waals surface area contributed by atoms with Gasteiger partial charge < -0.3 is 18.8 Å². The number of furan rings is 1. The first-order chi connectivity index (χ1) is 12.6. The first-order valence-electron chi connectivity index (χ1n) is 9.15. The average Bonchev–Trinajstić information content (AvgIpc) is 3.28. The van der Waals surface area contributed by atoms with Gasteiger partial charge in [0.15, 0.2) is 5.76 Å². The SMILES string of the molecule is Cc1ccc(C(=O)N2CCC3(CC2)C[C@H](OCc2ccccn2)CO3)o1. The van der Waals surface area contributed by atoms with Crippen LogP contribution in [0.25, 0.3) is 0 Å². The molecule has 6 heteroatoms. The van der Waals surface area contributed by atoms with Gasteiger partial charge >= 0.3 is 0 Å². The molecule has 2 saturated heterocycles. The Hall–Kier alpha value is -2.18. The lowest BCUT2D eigenvalue weighted by atomic mass is 9.88. The normalized spacial score (nSPS) is 22.0. The maximum Gasteiger partial charge on any atom is 0.289 e. The molecule has 2 aliphatic rings. The van der Waals surface area contributed by atoms with Crippen molar-refractivity contribution in [3.05, 3.63) is 53.7 Å². The molecule has 2 aromatic rings. The van der Waals surface area contributed by atoms with Gasteiger partial charge in [-0.1, -0.05) is 6.07 Å². The number of piperidine rings is 1. The largest absolute Gasteiger partial charge is 0.456 e. The van der Waals surface area contributed by atoms with Gasteiger partial charge in [-0.05, 0) is 44.0 Å². The van der Waals surface area contributed by atoms with E-state index in [2.05, 4.69) is 4.98 Å². The fourth-order valence-electron chi connectivity index (χ4n) is 3.77. The topological polar surface area (TPSA) is 64.8 Å². The van der Waals surface area contributed by atoms with Crippen LogP contribution in [-0.4, -0.2) is 47.2 Å². The van der Waals surface area contributed by atoms with Gasteiger partial charge in [0.1, 0.15) is 5.76 Å². The van der Waals surface area contributed by atoms with Crippen molar-refractivity contribution < 1.29 is 18.7 Å². The number of carbonyl (C=O) groups excluding carboxylic acids is 1. The molecule has 1 atom stereocenters. The van der Waals surface area contributed by atoms with Crippen molar-refractivity contribution in [1.29, 1.82) is 0 Å². The fourth-order valence-corrected chi connectivity index (χ4v) is 3.77. The number of likely N-dealkylation sites (tertiary alicyclic amines) is 1. The molecule has 0 radical (unpaired) electrons. The van der Waals surface area contributed by atoms with Gasteiger partial charge in [-0.3, -0.25) is 9.78 Å². The number of nitrogens with zero attached hydrogens (tertiary/aromatic N) is 2. The molecule has 26 heavy (non-hydrogen) atoms. The smallest absolute Gasteiger partial charge is 0.289 e. The number of amides is 1. The molecule has 0 bridgehead atoms. The molecule has 1 amide bonds. The summed E-state index contributed by atoms with van der Waals surface area (Å²) >= 11 is 0. The zero-order valence-corrected chi connectivity index (χ0v) is 15.0. The molecule has 0 aromatic carbocycles. The van der Waals surface area contributed by atoms with Gasteiger partial charge in [0.2, 0.25) is 0 Å². The molecule has 2 fully saturated rings. The summed E-state index contributed by atoms with van der Waals surface area (Å²) in [5.74, 6) is 1.14. The zero-order chi connectivity index (χ0) is 18.0. The minimum absolute atomic E-state index is 0.0334. The summed E-state index contributed by atoms with van der Waals surface area (Å²) in [4.78, 5) is 18.6. The van der Waals surface area contributed by atoms with E-state index in [9.17, 15) is 4.79 Å². The van der Waals surface area contributed by atoms with E-state index in [4.69, 9.17) is 13.9 Å². The Morgan fingerprint density at radius 1 is 1.31 bits per heavy atom. The second kappa shape index (κ2) is 7.21. The predicted octanol–water partition coefficient (Wildman–Crippen LogP) is 2.96. The number of hydrogen-bond donors (Lipinski definition) is 0. The van der Waals surface area contributed by atoms with Crippen LogP contribution in [0.5, 0.6) is 0 Å². The highest BCUT2D eigenvalue weighted by atomic mass is 16.6. The van der Waals surface area contributed by atoms with Crippen molar-refractivity contribution in [2.24, 2.45) is 0 Å². The van der Waals surface area contributed by atoms with E-state index in [1.807, 2.05) is 36.1 Å². The number of ether oxygens (including phenoxy) is 2. The van der Waals surface area contributed by atoms with Crippen LogP contribution in [0.2, 0.25) is 0 Å². The van der Waals surface area contributed by atoms with Crippen molar-refractivity contribution >= 4 is 5.91 Å². The van der Waals surface area contributed by atoms with E-state index >= 15 is 0 Å². The molecule has 138 valence electrons. The summed E-state index contributed by atoms with van der Waals surface area (Å²) in [6.45, 7) is 4.34. The minimum atomic E-state index is -0.162. The van der Waals surface area contributed by atoms with E-state index in [0.29, 0.717) is 32.1 Å². The first kappa shape index (κ1) is 17.2. The number of aryl methyl sites for hydroxylation is 1. The third kappa shape index (κ3) is 3.66. The second-order valence-electron chi connectivity index (χ2n) is 7.15. The molecule has 0 saturated carbocycles. The number of carbonyl (C=O) groups is 1. The summed E-state index contributed by atoms with van der Waals surface area (Å²) in [5, 5.41) is 0. The molecule has 2 aliphatic heterocycles. The minimum Gasteiger partial charge on any atom is -0.456 e. The van der Waals surface area contributed by atoms with Crippen LogP contribution in [0.1, 0.15) is 41.3 Å². The van der Waals surface area contributed by atoms with Crippen LogP contribution in [0, 0.1) is 6.92 Å². The summed E-state index contributed by atoms with van der Waals surface area (Å²) in [5.41, 5.74) is 0.771. The number of pyridine rings is 1. The Morgan fingerprint density at radius 3 is 2.85 bits per heavy atom. The van der Waals surface area contributed by atoms with Crippen molar-refractivity contribution in [2.75, 3.05) is 19.7 Å². The van der Waals surface area contributed by atoms with E-state index in [0.717, 1.165) is 30.7 Å². The maximum absolute atomic E-state index is 12.5. The second-order valence-corrected chi connectivity index (χ2v) is 7.15. The summed E-state index contributed by atoms with van der Waals surface area (Å²) in [7, 11) is 0. The van der Waals surface area contributed by atoms with Gasteiger partial charge in [-0.25, -0.2) is 0 Å².